The van der Waals surface area contributed by atoms with Gasteiger partial charge in [-0.2, -0.15) is 0 Å². The summed E-state index contributed by atoms with van der Waals surface area (Å²) < 4.78 is 0. The standard InChI is InChI=1S/C23H25N3S/c1-17-8-11-20(12-9-17)15-26(16-21-6-4-5-13-24-21)23(27)25-22-14-18(2)7-10-19(22)3/h4-14H,15-16H2,1-3H3,(H,25,27). The van der Waals surface area contributed by atoms with Crippen LogP contribution < -0.4 is 5.32 Å². The molecule has 0 fully saturated rings. The average molecular weight is 376 g/mol. The molecular weight excluding hydrogens is 350 g/mol. The maximum Gasteiger partial charge on any atom is 0.174 e. The molecule has 1 aromatic heterocycles. The summed E-state index contributed by atoms with van der Waals surface area (Å²) in [5, 5.41) is 4.14. The number of nitrogens with zero attached hydrogens (tertiary/aromatic N) is 2. The van der Waals surface area contributed by atoms with Crippen molar-refractivity contribution in [2.45, 2.75) is 33.9 Å². The van der Waals surface area contributed by atoms with Crippen LogP contribution >= 0.6 is 12.2 Å². The lowest BCUT2D eigenvalue weighted by Gasteiger charge is -2.26. The van der Waals surface area contributed by atoms with Crippen LogP contribution in [0.15, 0.2) is 66.9 Å². The number of hydrogen-bond donors (Lipinski definition) is 1. The number of pyridine rings is 1. The molecule has 0 aliphatic rings. The number of hydrogen-bond acceptors (Lipinski definition) is 2. The second-order valence-corrected chi connectivity index (χ2v) is 7.30. The van der Waals surface area contributed by atoms with Gasteiger partial charge in [-0.25, -0.2) is 0 Å². The fourth-order valence-electron chi connectivity index (χ4n) is 2.87. The minimum absolute atomic E-state index is 0.658. The largest absolute Gasteiger partial charge is 0.339 e. The fourth-order valence-corrected chi connectivity index (χ4v) is 3.10. The molecule has 3 nitrogen and oxygen atoms in total. The van der Waals surface area contributed by atoms with Crippen molar-refractivity contribution in [1.29, 1.82) is 0 Å². The maximum absolute atomic E-state index is 5.77. The van der Waals surface area contributed by atoms with Crippen LogP contribution in [0.25, 0.3) is 0 Å². The molecule has 3 aromatic rings. The Balaban J connectivity index is 1.82. The third kappa shape index (κ3) is 5.38. The zero-order chi connectivity index (χ0) is 19.2. The van der Waals surface area contributed by atoms with Gasteiger partial charge in [-0.05, 0) is 67.9 Å². The van der Waals surface area contributed by atoms with E-state index in [4.69, 9.17) is 12.2 Å². The highest BCUT2D eigenvalue weighted by Gasteiger charge is 2.13. The molecule has 0 radical (unpaired) electrons. The molecule has 4 heteroatoms. The van der Waals surface area contributed by atoms with Gasteiger partial charge < -0.3 is 10.2 Å². The second kappa shape index (κ2) is 8.78. The minimum atomic E-state index is 0.658. The number of anilines is 1. The first-order valence-electron chi connectivity index (χ1n) is 9.10. The molecule has 27 heavy (non-hydrogen) atoms. The predicted octanol–water partition coefficient (Wildman–Crippen LogP) is 5.41. The number of rotatable bonds is 5. The first kappa shape index (κ1) is 19.1. The molecule has 0 saturated heterocycles. The molecule has 0 saturated carbocycles. The summed E-state index contributed by atoms with van der Waals surface area (Å²) in [5.41, 5.74) is 6.91. The van der Waals surface area contributed by atoms with Crippen LogP contribution in [0.4, 0.5) is 5.69 Å². The van der Waals surface area contributed by atoms with Crippen LogP contribution in [0.1, 0.15) is 27.9 Å². The third-order valence-electron chi connectivity index (χ3n) is 4.49. The molecule has 0 unspecified atom stereocenters. The average Bonchev–Trinajstić information content (AvgIpc) is 2.66. The van der Waals surface area contributed by atoms with E-state index in [1.54, 1.807) is 0 Å². The lowest BCUT2D eigenvalue weighted by molar-refractivity contribution is 0.407. The van der Waals surface area contributed by atoms with Crippen molar-refractivity contribution in [2.24, 2.45) is 0 Å². The van der Waals surface area contributed by atoms with Gasteiger partial charge in [-0.3, -0.25) is 4.98 Å². The summed E-state index contributed by atoms with van der Waals surface area (Å²) >= 11 is 5.77. The van der Waals surface area contributed by atoms with E-state index >= 15 is 0 Å². The zero-order valence-electron chi connectivity index (χ0n) is 16.1. The predicted molar refractivity (Wildman–Crippen MR) is 117 cm³/mol. The van der Waals surface area contributed by atoms with Crippen LogP contribution in [0.2, 0.25) is 0 Å². The molecule has 138 valence electrons. The summed E-state index contributed by atoms with van der Waals surface area (Å²) in [7, 11) is 0. The Bertz CT molecular complexity index is 905. The van der Waals surface area contributed by atoms with Gasteiger partial charge in [0.15, 0.2) is 5.11 Å². The molecular formula is C23H25N3S. The topological polar surface area (TPSA) is 28.2 Å². The van der Waals surface area contributed by atoms with Gasteiger partial charge in [-0.1, -0.05) is 48.0 Å². The quantitative estimate of drug-likeness (QED) is 0.604. The van der Waals surface area contributed by atoms with Crippen LogP contribution in [-0.4, -0.2) is 15.0 Å². The highest BCUT2D eigenvalue weighted by atomic mass is 32.1. The Morgan fingerprint density at radius 2 is 1.67 bits per heavy atom. The molecule has 1 heterocycles. The monoisotopic (exact) mass is 375 g/mol. The summed E-state index contributed by atoms with van der Waals surface area (Å²) in [6, 6.07) is 20.9. The number of thiocarbonyl (C=S) groups is 1. The van der Waals surface area contributed by atoms with E-state index in [1.165, 1.54) is 22.3 Å². The van der Waals surface area contributed by atoms with Gasteiger partial charge in [0.05, 0.1) is 12.2 Å². The number of benzene rings is 2. The fraction of sp³-hybridized carbons (Fsp3) is 0.217. The van der Waals surface area contributed by atoms with E-state index in [2.05, 4.69) is 78.4 Å². The first-order valence-corrected chi connectivity index (χ1v) is 9.51. The Kier molecular flexibility index (Phi) is 6.20. The van der Waals surface area contributed by atoms with Crippen LogP contribution in [0.5, 0.6) is 0 Å². The van der Waals surface area contributed by atoms with Gasteiger partial charge in [-0.15, -0.1) is 0 Å². The number of aromatic nitrogens is 1. The van der Waals surface area contributed by atoms with E-state index in [0.29, 0.717) is 11.7 Å². The van der Waals surface area contributed by atoms with E-state index in [-0.39, 0.29) is 0 Å². The van der Waals surface area contributed by atoms with Crippen molar-refractivity contribution in [1.82, 2.24) is 9.88 Å². The van der Waals surface area contributed by atoms with Crippen LogP contribution in [-0.2, 0) is 13.1 Å². The highest BCUT2D eigenvalue weighted by molar-refractivity contribution is 7.80. The number of aryl methyl sites for hydroxylation is 3. The Morgan fingerprint density at radius 3 is 2.37 bits per heavy atom. The maximum atomic E-state index is 5.77. The van der Waals surface area contributed by atoms with Crippen LogP contribution in [0.3, 0.4) is 0 Å². The van der Waals surface area contributed by atoms with E-state index in [1.807, 2.05) is 24.4 Å². The van der Waals surface area contributed by atoms with Crippen LogP contribution in [0, 0.1) is 20.8 Å². The zero-order valence-corrected chi connectivity index (χ0v) is 16.9. The molecule has 0 aliphatic heterocycles. The van der Waals surface area contributed by atoms with Gasteiger partial charge in [0, 0.05) is 18.4 Å². The molecule has 1 N–H and O–H groups in total. The van der Waals surface area contributed by atoms with Crippen molar-refractivity contribution in [2.75, 3.05) is 5.32 Å². The molecule has 0 atom stereocenters. The first-order chi connectivity index (χ1) is 13.0. The summed E-state index contributed by atoms with van der Waals surface area (Å²) in [5.74, 6) is 0. The van der Waals surface area contributed by atoms with E-state index < -0.39 is 0 Å². The smallest absolute Gasteiger partial charge is 0.174 e. The normalized spacial score (nSPS) is 10.5. The minimum Gasteiger partial charge on any atom is -0.339 e. The van der Waals surface area contributed by atoms with Gasteiger partial charge >= 0.3 is 0 Å². The molecule has 0 spiro atoms. The molecule has 2 aromatic carbocycles. The SMILES string of the molecule is Cc1ccc(CN(Cc2ccccn2)C(=S)Nc2cc(C)ccc2C)cc1. The number of nitrogens with one attached hydrogen (secondary N) is 1. The van der Waals surface area contributed by atoms with E-state index in [0.717, 1.165) is 17.9 Å². The third-order valence-corrected chi connectivity index (χ3v) is 4.86. The van der Waals surface area contributed by atoms with Crippen molar-refractivity contribution in [3.05, 3.63) is 94.8 Å². The van der Waals surface area contributed by atoms with Gasteiger partial charge in [0.25, 0.3) is 0 Å². The Hall–Kier alpha value is -2.72. The lowest BCUT2D eigenvalue weighted by atomic mass is 10.1. The van der Waals surface area contributed by atoms with Gasteiger partial charge in [0.2, 0.25) is 0 Å². The second-order valence-electron chi connectivity index (χ2n) is 6.91. The molecule has 0 amide bonds. The Morgan fingerprint density at radius 1 is 0.926 bits per heavy atom. The molecule has 3 rings (SSSR count). The summed E-state index contributed by atoms with van der Waals surface area (Å²) in [4.78, 5) is 6.62. The van der Waals surface area contributed by atoms with Gasteiger partial charge in [0.1, 0.15) is 0 Å². The molecule has 0 bridgehead atoms. The summed E-state index contributed by atoms with van der Waals surface area (Å²) in [6.07, 6.45) is 1.82. The van der Waals surface area contributed by atoms with Crippen molar-refractivity contribution in [3.63, 3.8) is 0 Å². The Labute approximate surface area is 167 Å². The van der Waals surface area contributed by atoms with Crippen molar-refractivity contribution in [3.8, 4) is 0 Å². The van der Waals surface area contributed by atoms with Crippen molar-refractivity contribution < 1.29 is 0 Å². The highest BCUT2D eigenvalue weighted by Crippen LogP contribution is 2.18. The molecule has 0 aliphatic carbocycles. The van der Waals surface area contributed by atoms with Crippen molar-refractivity contribution >= 4 is 23.0 Å². The summed E-state index contributed by atoms with van der Waals surface area (Å²) in [6.45, 7) is 7.67. The lowest BCUT2D eigenvalue weighted by Crippen LogP contribution is -2.34. The van der Waals surface area contributed by atoms with E-state index in [9.17, 15) is 0 Å².